The highest BCUT2D eigenvalue weighted by atomic mass is 16.5. The minimum absolute atomic E-state index is 0.179. The number of hydrogen-bond donors (Lipinski definition) is 4. The Labute approximate surface area is 196 Å². The second-order valence-corrected chi connectivity index (χ2v) is 8.92. The van der Waals surface area contributed by atoms with Crippen molar-refractivity contribution >= 4 is 17.5 Å². The van der Waals surface area contributed by atoms with Crippen molar-refractivity contribution in [1.29, 1.82) is 0 Å². The van der Waals surface area contributed by atoms with Gasteiger partial charge in [-0.05, 0) is 74.5 Å². The summed E-state index contributed by atoms with van der Waals surface area (Å²) >= 11 is 0. The molecule has 2 aliphatic rings. The molecule has 1 atom stereocenters. The molecule has 0 bridgehead atoms. The van der Waals surface area contributed by atoms with Gasteiger partial charge in [0.25, 0.3) is 17.4 Å². The quantitative estimate of drug-likeness (QED) is 0.428. The number of carbonyl (C=O) groups is 2. The van der Waals surface area contributed by atoms with E-state index in [1.54, 1.807) is 36.4 Å². The van der Waals surface area contributed by atoms with E-state index in [1.807, 2.05) is 6.07 Å². The zero-order valence-electron chi connectivity index (χ0n) is 18.7. The molecular weight excluding hydrogens is 434 g/mol. The normalized spacial score (nSPS) is 17.2. The van der Waals surface area contributed by atoms with Crippen molar-refractivity contribution in [1.82, 2.24) is 20.8 Å². The molecule has 1 aliphatic heterocycles. The summed E-state index contributed by atoms with van der Waals surface area (Å²) < 4.78 is 5.36. The van der Waals surface area contributed by atoms with Gasteiger partial charge in [-0.25, -0.2) is 0 Å². The van der Waals surface area contributed by atoms with Crippen LogP contribution < -0.4 is 21.5 Å². The number of H-pyrrole nitrogens is 1. The molecule has 0 radical (unpaired) electrons. The lowest BCUT2D eigenvalue weighted by Gasteiger charge is -2.31. The van der Waals surface area contributed by atoms with E-state index in [1.165, 1.54) is 6.20 Å². The minimum Gasteiger partial charge on any atom is -0.360 e. The lowest BCUT2D eigenvalue weighted by Crippen LogP contribution is -2.39. The molecule has 1 aliphatic carbocycles. The predicted molar refractivity (Wildman–Crippen MR) is 126 cm³/mol. The van der Waals surface area contributed by atoms with Crippen LogP contribution in [0.3, 0.4) is 0 Å². The Balaban J connectivity index is 1.38. The van der Waals surface area contributed by atoms with Crippen molar-refractivity contribution in [2.24, 2.45) is 5.92 Å². The molecule has 3 aromatic rings. The fraction of sp³-hybridized carbons (Fsp3) is 0.360. The van der Waals surface area contributed by atoms with Gasteiger partial charge in [0.1, 0.15) is 11.4 Å². The Kier molecular flexibility index (Phi) is 6.27. The Bertz CT molecular complexity index is 1240. The van der Waals surface area contributed by atoms with E-state index in [4.69, 9.17) is 4.52 Å². The summed E-state index contributed by atoms with van der Waals surface area (Å²) in [5.41, 5.74) is 1.33. The lowest BCUT2D eigenvalue weighted by atomic mass is 9.85. The molecule has 176 valence electrons. The first-order valence-electron chi connectivity index (χ1n) is 11.7. The molecule has 9 heteroatoms. The molecule has 1 aromatic carbocycles. The van der Waals surface area contributed by atoms with E-state index in [9.17, 15) is 14.4 Å². The summed E-state index contributed by atoms with van der Waals surface area (Å²) in [4.78, 5) is 40.4. The number of benzene rings is 1. The second kappa shape index (κ2) is 9.64. The highest BCUT2D eigenvalue weighted by Gasteiger charge is 2.31. The smallest absolute Gasteiger partial charge is 0.273 e. The number of aromatic amines is 1. The highest BCUT2D eigenvalue weighted by Crippen LogP contribution is 2.40. The average Bonchev–Trinajstić information content (AvgIpc) is 3.60. The number of aromatic nitrogens is 2. The summed E-state index contributed by atoms with van der Waals surface area (Å²) in [6.45, 7) is 1.73. The minimum atomic E-state index is -0.389. The largest absolute Gasteiger partial charge is 0.360 e. The first kappa shape index (κ1) is 22.1. The zero-order valence-corrected chi connectivity index (χ0v) is 18.7. The molecule has 5 rings (SSSR count). The van der Waals surface area contributed by atoms with Crippen molar-refractivity contribution in [2.45, 2.75) is 37.6 Å². The standard InChI is InChI=1S/C25H27N5O4/c31-23(28-19-5-2-10-27-24(19)32)18-4-1-3-17(13-18)22(16-8-11-26-12-9-16)29-25(33)20-14-21(34-30-20)15-6-7-15/h1-5,10,13-16,22,26H,6-9,11-12H2,(H,27,32)(H,28,31)(H,29,33). The Hall–Kier alpha value is -3.72. The van der Waals surface area contributed by atoms with Gasteiger partial charge in [0, 0.05) is 23.7 Å². The number of piperidine rings is 1. The van der Waals surface area contributed by atoms with Crippen LogP contribution in [-0.2, 0) is 0 Å². The molecule has 2 amide bonds. The van der Waals surface area contributed by atoms with Gasteiger partial charge < -0.3 is 25.5 Å². The number of rotatable bonds is 7. The van der Waals surface area contributed by atoms with E-state index < -0.39 is 0 Å². The molecule has 1 unspecified atom stereocenters. The van der Waals surface area contributed by atoms with Gasteiger partial charge >= 0.3 is 0 Å². The van der Waals surface area contributed by atoms with Crippen LogP contribution in [0, 0.1) is 5.92 Å². The van der Waals surface area contributed by atoms with E-state index in [0.717, 1.165) is 50.1 Å². The van der Waals surface area contributed by atoms with Crippen LogP contribution in [0.15, 0.2) is 58.0 Å². The topological polar surface area (TPSA) is 129 Å². The molecule has 4 N–H and O–H groups in total. The second-order valence-electron chi connectivity index (χ2n) is 8.92. The van der Waals surface area contributed by atoms with Gasteiger partial charge in [-0.1, -0.05) is 17.3 Å². The maximum atomic E-state index is 13.1. The number of pyridine rings is 1. The van der Waals surface area contributed by atoms with Crippen LogP contribution >= 0.6 is 0 Å². The number of nitrogens with zero attached hydrogens (tertiary/aromatic N) is 1. The summed E-state index contributed by atoms with van der Waals surface area (Å²) in [6.07, 6.45) is 5.43. The average molecular weight is 462 g/mol. The van der Waals surface area contributed by atoms with Gasteiger partial charge in [0.05, 0.1) is 6.04 Å². The van der Waals surface area contributed by atoms with Crippen LogP contribution in [0.4, 0.5) is 5.69 Å². The van der Waals surface area contributed by atoms with Gasteiger partial charge in [-0.15, -0.1) is 0 Å². The third-order valence-electron chi connectivity index (χ3n) is 6.46. The first-order chi connectivity index (χ1) is 16.6. The molecule has 3 heterocycles. The fourth-order valence-electron chi connectivity index (χ4n) is 4.41. The van der Waals surface area contributed by atoms with Crippen LogP contribution in [0.25, 0.3) is 0 Å². The number of nitrogens with one attached hydrogen (secondary N) is 4. The van der Waals surface area contributed by atoms with Crippen molar-refractivity contribution in [3.05, 3.63) is 81.6 Å². The highest BCUT2D eigenvalue weighted by molar-refractivity contribution is 6.04. The Morgan fingerprint density at radius 1 is 1.03 bits per heavy atom. The number of hydrogen-bond acceptors (Lipinski definition) is 6. The molecular formula is C25H27N5O4. The molecule has 2 aromatic heterocycles. The summed E-state index contributed by atoms with van der Waals surface area (Å²) in [7, 11) is 0. The van der Waals surface area contributed by atoms with Crippen molar-refractivity contribution in [3.8, 4) is 0 Å². The molecule has 1 saturated heterocycles. The third kappa shape index (κ3) is 4.94. The predicted octanol–water partition coefficient (Wildman–Crippen LogP) is 2.96. The van der Waals surface area contributed by atoms with Crippen molar-refractivity contribution in [3.63, 3.8) is 0 Å². The van der Waals surface area contributed by atoms with E-state index in [-0.39, 0.29) is 40.7 Å². The zero-order chi connectivity index (χ0) is 23.5. The summed E-state index contributed by atoms with van der Waals surface area (Å²) in [5, 5.41) is 13.1. The molecule has 34 heavy (non-hydrogen) atoms. The van der Waals surface area contributed by atoms with Crippen LogP contribution in [-0.4, -0.2) is 35.0 Å². The lowest BCUT2D eigenvalue weighted by molar-refractivity contribution is 0.0904. The maximum absolute atomic E-state index is 13.1. The van der Waals surface area contributed by atoms with Gasteiger partial charge in [-0.3, -0.25) is 14.4 Å². The van der Waals surface area contributed by atoms with Gasteiger partial charge in [-0.2, -0.15) is 0 Å². The third-order valence-corrected chi connectivity index (χ3v) is 6.46. The van der Waals surface area contributed by atoms with Crippen LogP contribution in [0.1, 0.15) is 69.8 Å². The van der Waals surface area contributed by atoms with Gasteiger partial charge in [0.15, 0.2) is 5.69 Å². The molecule has 2 fully saturated rings. The fourth-order valence-corrected chi connectivity index (χ4v) is 4.41. The summed E-state index contributed by atoms with van der Waals surface area (Å²) in [6, 6.07) is 11.8. The van der Waals surface area contributed by atoms with E-state index in [2.05, 4.69) is 26.1 Å². The van der Waals surface area contributed by atoms with Crippen LogP contribution in [0.5, 0.6) is 0 Å². The Morgan fingerprint density at radius 3 is 2.62 bits per heavy atom. The van der Waals surface area contributed by atoms with Crippen molar-refractivity contribution < 1.29 is 14.1 Å². The first-order valence-corrected chi connectivity index (χ1v) is 11.7. The number of amides is 2. The molecule has 9 nitrogen and oxygen atoms in total. The SMILES string of the molecule is O=C(Nc1ccc[nH]c1=O)c1cccc(C(NC(=O)c2cc(C3CC3)on2)C2CCNCC2)c1. The Morgan fingerprint density at radius 2 is 1.85 bits per heavy atom. The van der Waals surface area contributed by atoms with E-state index in [0.29, 0.717) is 11.5 Å². The van der Waals surface area contributed by atoms with Gasteiger partial charge in [0.2, 0.25) is 0 Å². The van der Waals surface area contributed by atoms with Crippen LogP contribution in [0.2, 0.25) is 0 Å². The molecule has 0 spiro atoms. The van der Waals surface area contributed by atoms with Crippen molar-refractivity contribution in [2.75, 3.05) is 18.4 Å². The van der Waals surface area contributed by atoms with E-state index >= 15 is 0 Å². The monoisotopic (exact) mass is 461 g/mol. The maximum Gasteiger partial charge on any atom is 0.273 e. The number of anilines is 1. The molecule has 1 saturated carbocycles. The number of carbonyl (C=O) groups excluding carboxylic acids is 2. The summed E-state index contributed by atoms with van der Waals surface area (Å²) in [5.74, 6) is 0.666.